The number of carbonyl (C=O) groups excluding carboxylic acids is 1. The lowest BCUT2D eigenvalue weighted by molar-refractivity contribution is 0.247. The number of aromatic nitrogens is 1. The zero-order valence-electron chi connectivity index (χ0n) is 12.5. The van der Waals surface area contributed by atoms with E-state index in [0.717, 1.165) is 31.4 Å². The third kappa shape index (κ3) is 3.21. The molecule has 0 radical (unpaired) electrons. The van der Waals surface area contributed by atoms with Crippen LogP contribution in [0.1, 0.15) is 24.0 Å². The molecule has 1 heterocycles. The van der Waals surface area contributed by atoms with Gasteiger partial charge in [0.1, 0.15) is 12.0 Å². The summed E-state index contributed by atoms with van der Waals surface area (Å²) in [6.07, 6.45) is 5.15. The van der Waals surface area contributed by atoms with Crippen molar-refractivity contribution in [2.75, 3.05) is 12.4 Å². The maximum atomic E-state index is 12.0. The molecule has 0 saturated carbocycles. The Hall–Kier alpha value is -2.50. The average Bonchev–Trinajstić information content (AvgIpc) is 2.92. The van der Waals surface area contributed by atoms with E-state index in [4.69, 9.17) is 9.26 Å². The van der Waals surface area contributed by atoms with Crippen LogP contribution >= 0.6 is 0 Å². The SMILES string of the molecule is COc1cccc2c1CCCC(NC(=O)Nc1ccon1)C2. The molecule has 0 saturated heterocycles. The first kappa shape index (κ1) is 14.4. The Balaban J connectivity index is 1.67. The van der Waals surface area contributed by atoms with E-state index in [1.54, 1.807) is 13.2 Å². The van der Waals surface area contributed by atoms with Gasteiger partial charge < -0.3 is 14.6 Å². The van der Waals surface area contributed by atoms with E-state index in [1.807, 2.05) is 12.1 Å². The highest BCUT2D eigenvalue weighted by atomic mass is 16.5. The molecule has 1 atom stereocenters. The molecule has 2 N–H and O–H groups in total. The van der Waals surface area contributed by atoms with Crippen molar-refractivity contribution in [3.63, 3.8) is 0 Å². The van der Waals surface area contributed by atoms with Crippen LogP contribution in [-0.2, 0) is 12.8 Å². The Labute approximate surface area is 128 Å². The number of amides is 2. The van der Waals surface area contributed by atoms with Crippen molar-refractivity contribution >= 4 is 11.8 Å². The van der Waals surface area contributed by atoms with Gasteiger partial charge >= 0.3 is 6.03 Å². The van der Waals surface area contributed by atoms with Crippen molar-refractivity contribution in [1.29, 1.82) is 0 Å². The monoisotopic (exact) mass is 301 g/mol. The Morgan fingerprint density at radius 2 is 2.32 bits per heavy atom. The van der Waals surface area contributed by atoms with Gasteiger partial charge in [0.2, 0.25) is 0 Å². The van der Waals surface area contributed by atoms with E-state index < -0.39 is 0 Å². The van der Waals surface area contributed by atoms with Crippen molar-refractivity contribution in [1.82, 2.24) is 10.5 Å². The molecule has 1 aromatic heterocycles. The van der Waals surface area contributed by atoms with Crippen LogP contribution < -0.4 is 15.4 Å². The van der Waals surface area contributed by atoms with Crippen LogP contribution in [0.2, 0.25) is 0 Å². The maximum Gasteiger partial charge on any atom is 0.320 e. The second-order valence-corrected chi connectivity index (χ2v) is 5.37. The Morgan fingerprint density at radius 3 is 3.09 bits per heavy atom. The molecular formula is C16H19N3O3. The minimum absolute atomic E-state index is 0.0975. The van der Waals surface area contributed by atoms with Crippen LogP contribution in [0.4, 0.5) is 10.6 Å². The number of anilines is 1. The molecule has 0 spiro atoms. The predicted octanol–water partition coefficient (Wildman–Crippen LogP) is 2.75. The molecule has 0 aliphatic heterocycles. The van der Waals surface area contributed by atoms with Crippen molar-refractivity contribution in [3.05, 3.63) is 41.7 Å². The van der Waals surface area contributed by atoms with Crippen molar-refractivity contribution < 1.29 is 14.1 Å². The lowest BCUT2D eigenvalue weighted by Gasteiger charge is -2.17. The molecule has 2 aromatic rings. The number of rotatable bonds is 3. The summed E-state index contributed by atoms with van der Waals surface area (Å²) < 4.78 is 10.1. The van der Waals surface area contributed by atoms with Gasteiger partial charge in [-0.2, -0.15) is 0 Å². The summed E-state index contributed by atoms with van der Waals surface area (Å²) >= 11 is 0. The van der Waals surface area contributed by atoms with E-state index in [0.29, 0.717) is 5.82 Å². The molecule has 22 heavy (non-hydrogen) atoms. The number of benzene rings is 1. The molecule has 6 nitrogen and oxygen atoms in total. The first-order valence-electron chi connectivity index (χ1n) is 7.39. The van der Waals surface area contributed by atoms with Gasteiger partial charge in [-0.1, -0.05) is 17.3 Å². The molecule has 1 aromatic carbocycles. The van der Waals surface area contributed by atoms with Crippen LogP contribution in [-0.4, -0.2) is 24.3 Å². The summed E-state index contributed by atoms with van der Waals surface area (Å²) in [5.74, 6) is 1.35. The van der Waals surface area contributed by atoms with Crippen LogP contribution in [0.25, 0.3) is 0 Å². The molecule has 116 valence electrons. The van der Waals surface area contributed by atoms with Gasteiger partial charge in [-0.3, -0.25) is 5.32 Å². The standard InChI is InChI=1S/C16H19N3O3/c1-21-14-7-2-4-11-10-12(5-3-6-13(11)14)17-16(20)18-15-8-9-22-19-15/h2,4,7-9,12H,3,5-6,10H2,1H3,(H2,17,18,19,20). The highest BCUT2D eigenvalue weighted by Crippen LogP contribution is 2.28. The van der Waals surface area contributed by atoms with Gasteiger partial charge in [0, 0.05) is 12.1 Å². The Kier molecular flexibility index (Phi) is 4.27. The molecular weight excluding hydrogens is 282 g/mol. The van der Waals surface area contributed by atoms with E-state index in [9.17, 15) is 4.79 Å². The number of hydrogen-bond donors (Lipinski definition) is 2. The second kappa shape index (κ2) is 6.51. The van der Waals surface area contributed by atoms with E-state index in [1.165, 1.54) is 17.4 Å². The third-order valence-corrected chi connectivity index (χ3v) is 3.91. The zero-order valence-corrected chi connectivity index (χ0v) is 12.5. The predicted molar refractivity (Wildman–Crippen MR) is 82.1 cm³/mol. The zero-order chi connectivity index (χ0) is 15.4. The van der Waals surface area contributed by atoms with Gasteiger partial charge in [-0.05, 0) is 42.9 Å². The smallest absolute Gasteiger partial charge is 0.320 e. The summed E-state index contributed by atoms with van der Waals surface area (Å²) in [4.78, 5) is 12.0. The number of fused-ring (bicyclic) bond motifs is 1. The van der Waals surface area contributed by atoms with Crippen LogP contribution in [0.15, 0.2) is 35.1 Å². The largest absolute Gasteiger partial charge is 0.496 e. The fourth-order valence-corrected chi connectivity index (χ4v) is 2.91. The van der Waals surface area contributed by atoms with Crippen LogP contribution in [0.3, 0.4) is 0 Å². The number of carbonyl (C=O) groups is 1. The first-order valence-corrected chi connectivity index (χ1v) is 7.39. The quantitative estimate of drug-likeness (QED) is 0.855. The number of hydrogen-bond acceptors (Lipinski definition) is 4. The topological polar surface area (TPSA) is 76.4 Å². The number of methoxy groups -OCH3 is 1. The summed E-state index contributed by atoms with van der Waals surface area (Å²) in [6.45, 7) is 0. The number of urea groups is 1. The summed E-state index contributed by atoms with van der Waals surface area (Å²) in [6, 6.07) is 7.53. The van der Waals surface area contributed by atoms with Crippen molar-refractivity contribution in [2.24, 2.45) is 0 Å². The molecule has 0 fully saturated rings. The minimum Gasteiger partial charge on any atom is -0.496 e. The summed E-state index contributed by atoms with van der Waals surface area (Å²) in [7, 11) is 1.70. The number of nitrogens with zero attached hydrogens (tertiary/aromatic N) is 1. The molecule has 1 aliphatic rings. The molecule has 0 bridgehead atoms. The molecule has 1 aliphatic carbocycles. The normalized spacial score (nSPS) is 17.2. The Bertz CT molecular complexity index is 640. The molecule has 6 heteroatoms. The first-order chi connectivity index (χ1) is 10.8. The lowest BCUT2D eigenvalue weighted by atomic mass is 10.0. The van der Waals surface area contributed by atoms with Crippen LogP contribution in [0, 0.1) is 0 Å². The van der Waals surface area contributed by atoms with Gasteiger partial charge in [0.15, 0.2) is 5.82 Å². The number of ether oxygens (including phenoxy) is 1. The highest BCUT2D eigenvalue weighted by molar-refractivity contribution is 5.88. The lowest BCUT2D eigenvalue weighted by Crippen LogP contribution is -2.39. The van der Waals surface area contributed by atoms with Crippen molar-refractivity contribution in [2.45, 2.75) is 31.7 Å². The van der Waals surface area contributed by atoms with E-state index >= 15 is 0 Å². The molecule has 3 rings (SSSR count). The molecule has 1 unspecified atom stereocenters. The van der Waals surface area contributed by atoms with Gasteiger partial charge in [0.25, 0.3) is 0 Å². The second-order valence-electron chi connectivity index (χ2n) is 5.37. The van der Waals surface area contributed by atoms with Crippen molar-refractivity contribution in [3.8, 4) is 5.75 Å². The molecule has 2 amide bonds. The Morgan fingerprint density at radius 1 is 1.41 bits per heavy atom. The van der Waals surface area contributed by atoms with Gasteiger partial charge in [-0.15, -0.1) is 0 Å². The van der Waals surface area contributed by atoms with Crippen LogP contribution in [0.5, 0.6) is 5.75 Å². The third-order valence-electron chi connectivity index (χ3n) is 3.91. The highest BCUT2D eigenvalue weighted by Gasteiger charge is 2.20. The van der Waals surface area contributed by atoms with E-state index in [-0.39, 0.29) is 12.1 Å². The fraction of sp³-hybridized carbons (Fsp3) is 0.375. The fourth-order valence-electron chi connectivity index (χ4n) is 2.91. The number of nitrogens with one attached hydrogen (secondary N) is 2. The summed E-state index contributed by atoms with van der Waals surface area (Å²) in [5, 5.41) is 9.32. The minimum atomic E-state index is -0.259. The maximum absolute atomic E-state index is 12.0. The summed E-state index contributed by atoms with van der Waals surface area (Å²) in [5.41, 5.74) is 2.50. The average molecular weight is 301 g/mol. The van der Waals surface area contributed by atoms with Gasteiger partial charge in [0.05, 0.1) is 7.11 Å². The van der Waals surface area contributed by atoms with Gasteiger partial charge in [-0.25, -0.2) is 4.79 Å². The van der Waals surface area contributed by atoms with E-state index in [2.05, 4.69) is 21.9 Å².